The molecule has 0 radical (unpaired) electrons. The second kappa shape index (κ2) is 6.65. The van der Waals surface area contributed by atoms with Gasteiger partial charge < -0.3 is 19.5 Å². The molecule has 1 aromatic carbocycles. The summed E-state index contributed by atoms with van der Waals surface area (Å²) in [4.78, 5) is 26.1. The van der Waals surface area contributed by atoms with Gasteiger partial charge in [0.05, 0.1) is 24.8 Å². The SMILES string of the molecule is COc1cccc([C@H]2C(C(C)=O)=C(O)C(=O)N2C[C@@H]2CCCO2)c1. The summed E-state index contributed by atoms with van der Waals surface area (Å²) >= 11 is 0. The van der Waals surface area contributed by atoms with Crippen LogP contribution >= 0.6 is 0 Å². The van der Waals surface area contributed by atoms with Gasteiger partial charge in [-0.1, -0.05) is 12.1 Å². The van der Waals surface area contributed by atoms with Crippen molar-refractivity contribution in [2.24, 2.45) is 0 Å². The fraction of sp³-hybridized carbons (Fsp3) is 0.444. The van der Waals surface area contributed by atoms with Gasteiger partial charge in [-0.05, 0) is 37.5 Å². The summed E-state index contributed by atoms with van der Waals surface area (Å²) in [6, 6.07) is 6.58. The first-order valence-corrected chi connectivity index (χ1v) is 8.03. The highest BCUT2D eigenvalue weighted by Crippen LogP contribution is 2.39. The van der Waals surface area contributed by atoms with E-state index in [-0.39, 0.29) is 17.5 Å². The first-order chi connectivity index (χ1) is 11.5. The number of amides is 1. The Morgan fingerprint density at radius 3 is 2.88 bits per heavy atom. The van der Waals surface area contributed by atoms with E-state index in [0.717, 1.165) is 18.4 Å². The maximum absolute atomic E-state index is 12.5. The molecule has 1 aromatic rings. The van der Waals surface area contributed by atoms with Gasteiger partial charge >= 0.3 is 0 Å². The first-order valence-electron chi connectivity index (χ1n) is 8.03. The number of Topliss-reactive ketones (excluding diaryl/α,β-unsaturated/α-hetero) is 1. The Morgan fingerprint density at radius 1 is 1.46 bits per heavy atom. The molecule has 1 fully saturated rings. The van der Waals surface area contributed by atoms with Crippen LogP contribution in [0.5, 0.6) is 5.75 Å². The van der Waals surface area contributed by atoms with Crippen LogP contribution < -0.4 is 4.74 Å². The van der Waals surface area contributed by atoms with Crippen molar-refractivity contribution >= 4 is 11.7 Å². The minimum atomic E-state index is -0.616. The number of nitrogens with zero attached hydrogens (tertiary/aromatic N) is 1. The number of ketones is 1. The number of hydrogen-bond donors (Lipinski definition) is 1. The lowest BCUT2D eigenvalue weighted by Crippen LogP contribution is -2.37. The second-order valence-corrected chi connectivity index (χ2v) is 6.09. The van der Waals surface area contributed by atoms with Crippen molar-refractivity contribution in [2.45, 2.75) is 31.9 Å². The Bertz CT molecular complexity index is 690. The van der Waals surface area contributed by atoms with E-state index in [4.69, 9.17) is 9.47 Å². The molecule has 1 N–H and O–H groups in total. The number of aliphatic hydroxyl groups excluding tert-OH is 1. The van der Waals surface area contributed by atoms with Gasteiger partial charge in [-0.3, -0.25) is 9.59 Å². The molecule has 0 saturated carbocycles. The zero-order valence-electron chi connectivity index (χ0n) is 13.8. The topological polar surface area (TPSA) is 76.1 Å². The Balaban J connectivity index is 2.00. The summed E-state index contributed by atoms with van der Waals surface area (Å²) in [5, 5.41) is 10.2. The number of ether oxygens (including phenoxy) is 2. The number of benzene rings is 1. The molecular formula is C18H21NO5. The van der Waals surface area contributed by atoms with Crippen LogP contribution in [0.1, 0.15) is 31.4 Å². The maximum atomic E-state index is 12.5. The van der Waals surface area contributed by atoms with E-state index >= 15 is 0 Å². The quantitative estimate of drug-likeness (QED) is 0.895. The highest BCUT2D eigenvalue weighted by atomic mass is 16.5. The van der Waals surface area contributed by atoms with Crippen molar-refractivity contribution < 1.29 is 24.2 Å². The van der Waals surface area contributed by atoms with Crippen LogP contribution in [0.3, 0.4) is 0 Å². The molecule has 2 aliphatic heterocycles. The fourth-order valence-corrected chi connectivity index (χ4v) is 3.37. The Hall–Kier alpha value is -2.34. The van der Waals surface area contributed by atoms with Crippen LogP contribution in [0.2, 0.25) is 0 Å². The molecule has 0 unspecified atom stereocenters. The van der Waals surface area contributed by atoms with Crippen molar-refractivity contribution in [3.05, 3.63) is 41.2 Å². The van der Waals surface area contributed by atoms with E-state index in [2.05, 4.69) is 0 Å². The number of methoxy groups -OCH3 is 1. The van der Waals surface area contributed by atoms with E-state index in [0.29, 0.717) is 18.9 Å². The van der Waals surface area contributed by atoms with Gasteiger partial charge in [0.15, 0.2) is 11.5 Å². The first kappa shape index (κ1) is 16.5. The number of carbonyl (C=O) groups excluding carboxylic acids is 2. The van der Waals surface area contributed by atoms with E-state index in [9.17, 15) is 14.7 Å². The highest BCUT2D eigenvalue weighted by molar-refractivity contribution is 6.08. The lowest BCUT2D eigenvalue weighted by Gasteiger charge is -2.28. The molecule has 2 aliphatic rings. The van der Waals surface area contributed by atoms with E-state index in [1.807, 2.05) is 6.07 Å². The smallest absolute Gasteiger partial charge is 0.290 e. The minimum absolute atomic E-state index is 0.0684. The number of hydrogen-bond acceptors (Lipinski definition) is 5. The van der Waals surface area contributed by atoms with Gasteiger partial charge in [0, 0.05) is 13.2 Å². The number of aliphatic hydroxyl groups is 1. The molecule has 0 aliphatic carbocycles. The zero-order chi connectivity index (χ0) is 17.3. The molecule has 0 aromatic heterocycles. The second-order valence-electron chi connectivity index (χ2n) is 6.09. The maximum Gasteiger partial charge on any atom is 0.290 e. The fourth-order valence-electron chi connectivity index (χ4n) is 3.37. The van der Waals surface area contributed by atoms with Crippen molar-refractivity contribution in [3.8, 4) is 5.75 Å². The van der Waals surface area contributed by atoms with Gasteiger partial charge in [0.25, 0.3) is 5.91 Å². The molecule has 1 saturated heterocycles. The van der Waals surface area contributed by atoms with Crippen LogP contribution in [0, 0.1) is 0 Å². The zero-order valence-corrected chi connectivity index (χ0v) is 13.8. The molecule has 128 valence electrons. The molecule has 24 heavy (non-hydrogen) atoms. The summed E-state index contributed by atoms with van der Waals surface area (Å²) in [7, 11) is 1.56. The normalized spacial score (nSPS) is 23.9. The van der Waals surface area contributed by atoms with Crippen LogP contribution in [0.25, 0.3) is 0 Å². The van der Waals surface area contributed by atoms with Gasteiger partial charge in [-0.15, -0.1) is 0 Å². The number of carbonyl (C=O) groups is 2. The van der Waals surface area contributed by atoms with Crippen LogP contribution in [-0.2, 0) is 14.3 Å². The molecular weight excluding hydrogens is 310 g/mol. The third-order valence-electron chi connectivity index (χ3n) is 4.52. The summed E-state index contributed by atoms with van der Waals surface area (Å²) in [6.07, 6.45) is 1.75. The Labute approximate surface area is 140 Å². The van der Waals surface area contributed by atoms with Crippen LogP contribution in [0.15, 0.2) is 35.6 Å². The molecule has 0 spiro atoms. The lowest BCUT2D eigenvalue weighted by atomic mass is 9.96. The lowest BCUT2D eigenvalue weighted by molar-refractivity contribution is -0.131. The Morgan fingerprint density at radius 2 is 2.25 bits per heavy atom. The van der Waals surface area contributed by atoms with Crippen molar-refractivity contribution in [1.82, 2.24) is 4.90 Å². The summed E-state index contributed by atoms with van der Waals surface area (Å²) in [5.41, 5.74) is 0.862. The summed E-state index contributed by atoms with van der Waals surface area (Å²) in [5.74, 6) is -0.674. The predicted octanol–water partition coefficient (Wildman–Crippen LogP) is 2.16. The van der Waals surface area contributed by atoms with Crippen molar-refractivity contribution in [1.29, 1.82) is 0 Å². The predicted molar refractivity (Wildman–Crippen MR) is 86.8 cm³/mol. The average Bonchev–Trinajstić information content (AvgIpc) is 3.17. The van der Waals surface area contributed by atoms with Crippen molar-refractivity contribution in [3.63, 3.8) is 0 Å². The minimum Gasteiger partial charge on any atom is -0.503 e. The third-order valence-corrected chi connectivity index (χ3v) is 4.52. The summed E-state index contributed by atoms with van der Waals surface area (Å²) in [6.45, 7) is 2.39. The standard InChI is InChI=1S/C18H21NO5/c1-11(20)15-16(12-5-3-6-13(9-12)23-2)19(18(22)17(15)21)10-14-7-4-8-24-14/h3,5-6,9,14,16,21H,4,7-8,10H2,1-2H3/t14-,16-/m0/s1. The van der Waals surface area contributed by atoms with Crippen LogP contribution in [-0.4, -0.2) is 48.1 Å². The van der Waals surface area contributed by atoms with E-state index in [1.165, 1.54) is 11.8 Å². The van der Waals surface area contributed by atoms with Crippen molar-refractivity contribution in [2.75, 3.05) is 20.3 Å². The average molecular weight is 331 g/mol. The number of rotatable bonds is 5. The summed E-state index contributed by atoms with van der Waals surface area (Å²) < 4.78 is 10.9. The molecule has 2 heterocycles. The van der Waals surface area contributed by atoms with Gasteiger partial charge in [0.2, 0.25) is 0 Å². The molecule has 1 amide bonds. The molecule has 6 nitrogen and oxygen atoms in total. The monoisotopic (exact) mass is 331 g/mol. The molecule has 0 bridgehead atoms. The van der Waals surface area contributed by atoms with Gasteiger partial charge in [0.1, 0.15) is 5.75 Å². The van der Waals surface area contributed by atoms with Gasteiger partial charge in [-0.25, -0.2) is 0 Å². The molecule has 3 rings (SSSR count). The van der Waals surface area contributed by atoms with E-state index in [1.54, 1.807) is 25.3 Å². The third kappa shape index (κ3) is 2.89. The molecule has 6 heteroatoms. The Kier molecular flexibility index (Phi) is 4.57. The largest absolute Gasteiger partial charge is 0.503 e. The van der Waals surface area contributed by atoms with Crippen LogP contribution in [0.4, 0.5) is 0 Å². The van der Waals surface area contributed by atoms with E-state index < -0.39 is 17.7 Å². The highest BCUT2D eigenvalue weighted by Gasteiger charge is 2.43. The molecule has 2 atom stereocenters. The van der Waals surface area contributed by atoms with Gasteiger partial charge in [-0.2, -0.15) is 0 Å².